The average Bonchev–Trinajstić information content (AvgIpc) is 3.15. The van der Waals surface area contributed by atoms with E-state index in [4.69, 9.17) is 0 Å². The number of aromatic amines is 1. The maximum Gasteiger partial charge on any atom is 0.326 e. The smallest absolute Gasteiger partial charge is 0.326 e. The Morgan fingerprint density at radius 3 is 2.47 bits per heavy atom. The van der Waals surface area contributed by atoms with Crippen molar-refractivity contribution in [1.82, 2.24) is 24.4 Å². The number of H-pyrrole nitrogens is 1. The van der Waals surface area contributed by atoms with Crippen LogP contribution in [-0.4, -0.2) is 54.8 Å². The number of aliphatic hydroxyl groups is 1. The molecule has 0 amide bonds. The Morgan fingerprint density at radius 2 is 1.77 bits per heavy atom. The topological polar surface area (TPSA) is 87.0 Å². The molecule has 1 aromatic carbocycles. The molecule has 0 atom stereocenters. The fourth-order valence-electron chi connectivity index (χ4n) is 5.62. The number of aliphatic hydroxyl groups excluding tert-OH is 1. The summed E-state index contributed by atoms with van der Waals surface area (Å²) < 4.78 is 1.94. The first kappa shape index (κ1) is 19.5. The number of rotatable bonds is 4. The van der Waals surface area contributed by atoms with Gasteiger partial charge in [0.25, 0.3) is 0 Å². The third-order valence-electron chi connectivity index (χ3n) is 7.39. The summed E-state index contributed by atoms with van der Waals surface area (Å²) in [7, 11) is 0. The van der Waals surface area contributed by atoms with E-state index < -0.39 is 0 Å². The molecule has 2 aromatic heterocycles. The molecule has 2 N–H and O–H groups in total. The second kappa shape index (κ2) is 7.96. The molecule has 3 heterocycles. The number of likely N-dealkylation sites (tertiary alicyclic amines) is 1. The maximum absolute atomic E-state index is 12.6. The molecule has 2 aliphatic rings. The number of benzene rings is 1. The van der Waals surface area contributed by atoms with Crippen LogP contribution in [0.25, 0.3) is 11.0 Å². The number of aromatic nitrogens is 4. The van der Waals surface area contributed by atoms with Gasteiger partial charge < -0.3 is 10.1 Å². The number of fused-ring (bicyclic) bond motifs is 1. The Hall–Kier alpha value is -2.51. The Kier molecular flexibility index (Phi) is 5.16. The van der Waals surface area contributed by atoms with Crippen molar-refractivity contribution in [2.24, 2.45) is 0 Å². The number of hydrogen-bond acceptors (Lipinski definition) is 5. The van der Waals surface area contributed by atoms with E-state index >= 15 is 0 Å². The molecular weight excluding hydrogens is 378 g/mol. The van der Waals surface area contributed by atoms with E-state index in [0.717, 1.165) is 62.6 Å². The first-order valence-electron chi connectivity index (χ1n) is 11.0. The lowest BCUT2D eigenvalue weighted by atomic mass is 9.73. The van der Waals surface area contributed by atoms with Gasteiger partial charge in [0.2, 0.25) is 0 Å². The molecule has 3 aromatic rings. The van der Waals surface area contributed by atoms with Gasteiger partial charge in [-0.25, -0.2) is 14.8 Å². The third-order valence-corrected chi connectivity index (χ3v) is 7.39. The summed E-state index contributed by atoms with van der Waals surface area (Å²) in [5, 5.41) is 10.4. The number of nitrogens with one attached hydrogen (secondary N) is 1. The molecule has 0 spiro atoms. The SMILES string of the molecule is O=c1[nH]c2ccccc2n1C1CCN([C@]2(CO)CC[C@@H](c3cncnc3)CC2)CC1. The van der Waals surface area contributed by atoms with Crippen LogP contribution in [0.1, 0.15) is 56.0 Å². The van der Waals surface area contributed by atoms with Crippen LogP contribution in [0.2, 0.25) is 0 Å². The maximum atomic E-state index is 12.6. The Bertz CT molecular complexity index is 1040. The zero-order chi connectivity index (χ0) is 20.6. The van der Waals surface area contributed by atoms with Gasteiger partial charge in [-0.05, 0) is 62.1 Å². The number of nitrogens with zero attached hydrogens (tertiary/aromatic N) is 4. The van der Waals surface area contributed by atoms with Gasteiger partial charge >= 0.3 is 5.69 Å². The molecule has 5 rings (SSSR count). The molecule has 1 aliphatic carbocycles. The number of piperidine rings is 1. The summed E-state index contributed by atoms with van der Waals surface area (Å²) in [4.78, 5) is 26.4. The molecule has 0 bridgehead atoms. The summed E-state index contributed by atoms with van der Waals surface area (Å²) in [5.41, 5.74) is 2.95. The number of imidazole rings is 1. The third kappa shape index (κ3) is 3.36. The van der Waals surface area contributed by atoms with Gasteiger partial charge in [0, 0.05) is 37.1 Å². The van der Waals surface area contributed by atoms with E-state index in [1.807, 2.05) is 41.2 Å². The molecule has 1 saturated heterocycles. The van der Waals surface area contributed by atoms with Gasteiger partial charge in [0.05, 0.1) is 17.6 Å². The lowest BCUT2D eigenvalue weighted by Gasteiger charge is -2.49. The predicted octanol–water partition coefficient (Wildman–Crippen LogP) is 2.85. The largest absolute Gasteiger partial charge is 0.394 e. The Morgan fingerprint density at radius 1 is 1.07 bits per heavy atom. The summed E-state index contributed by atoms with van der Waals surface area (Å²) in [5.74, 6) is 0.480. The average molecular weight is 408 g/mol. The van der Waals surface area contributed by atoms with E-state index in [-0.39, 0.29) is 23.9 Å². The van der Waals surface area contributed by atoms with Crippen LogP contribution in [0.4, 0.5) is 0 Å². The van der Waals surface area contributed by atoms with Crippen LogP contribution in [-0.2, 0) is 0 Å². The number of para-hydroxylation sites is 2. The van der Waals surface area contributed by atoms with Crippen molar-refractivity contribution in [3.8, 4) is 0 Å². The van der Waals surface area contributed by atoms with Crippen molar-refractivity contribution in [3.05, 3.63) is 59.0 Å². The molecule has 7 nitrogen and oxygen atoms in total. The normalized spacial score (nSPS) is 26.2. The van der Waals surface area contributed by atoms with Gasteiger partial charge in [0.15, 0.2) is 0 Å². The molecule has 158 valence electrons. The minimum absolute atomic E-state index is 0.0166. The highest BCUT2D eigenvalue weighted by atomic mass is 16.3. The predicted molar refractivity (Wildman–Crippen MR) is 115 cm³/mol. The zero-order valence-electron chi connectivity index (χ0n) is 17.2. The monoisotopic (exact) mass is 407 g/mol. The minimum Gasteiger partial charge on any atom is -0.394 e. The van der Waals surface area contributed by atoms with E-state index in [2.05, 4.69) is 19.9 Å². The van der Waals surface area contributed by atoms with E-state index in [1.54, 1.807) is 6.33 Å². The Balaban J connectivity index is 1.27. The van der Waals surface area contributed by atoms with Gasteiger partial charge in [-0.15, -0.1) is 0 Å². The summed E-state index contributed by atoms with van der Waals surface area (Å²) in [6, 6.07) is 8.12. The molecular formula is C23H29N5O2. The van der Waals surface area contributed by atoms with E-state index in [9.17, 15) is 9.90 Å². The first-order valence-corrected chi connectivity index (χ1v) is 11.0. The lowest BCUT2D eigenvalue weighted by molar-refractivity contribution is -0.0211. The summed E-state index contributed by atoms with van der Waals surface area (Å²) >= 11 is 0. The standard InChI is InChI=1S/C23H29N5O2/c29-15-23(9-5-17(6-10-23)18-13-24-16-25-14-18)27-11-7-19(8-12-27)28-21-4-2-1-3-20(21)26-22(28)30/h1-4,13-14,16-17,19,29H,5-12,15H2,(H,26,30)/t17-,23-. The highest BCUT2D eigenvalue weighted by Gasteiger charge is 2.42. The summed E-state index contributed by atoms with van der Waals surface area (Å²) in [6.07, 6.45) is 11.4. The van der Waals surface area contributed by atoms with Crippen molar-refractivity contribution in [3.63, 3.8) is 0 Å². The van der Waals surface area contributed by atoms with Gasteiger partial charge in [-0.2, -0.15) is 0 Å². The van der Waals surface area contributed by atoms with Crippen molar-refractivity contribution < 1.29 is 5.11 Å². The Labute approximate surface area is 175 Å². The van der Waals surface area contributed by atoms with Crippen LogP contribution in [0.5, 0.6) is 0 Å². The fourth-order valence-corrected chi connectivity index (χ4v) is 5.62. The van der Waals surface area contributed by atoms with Crippen LogP contribution in [0, 0.1) is 0 Å². The van der Waals surface area contributed by atoms with Crippen LogP contribution < -0.4 is 5.69 Å². The van der Waals surface area contributed by atoms with Crippen LogP contribution in [0.15, 0.2) is 47.8 Å². The van der Waals surface area contributed by atoms with Crippen molar-refractivity contribution in [2.45, 2.75) is 56.0 Å². The van der Waals surface area contributed by atoms with Gasteiger partial charge in [-0.3, -0.25) is 9.47 Å². The molecule has 30 heavy (non-hydrogen) atoms. The highest BCUT2D eigenvalue weighted by molar-refractivity contribution is 5.75. The first-order chi connectivity index (χ1) is 14.7. The minimum atomic E-state index is -0.137. The molecule has 0 unspecified atom stereocenters. The molecule has 0 radical (unpaired) electrons. The van der Waals surface area contributed by atoms with Gasteiger partial charge in [-0.1, -0.05) is 12.1 Å². The molecule has 2 fully saturated rings. The number of hydrogen-bond donors (Lipinski definition) is 2. The van der Waals surface area contributed by atoms with E-state index in [1.165, 1.54) is 5.56 Å². The van der Waals surface area contributed by atoms with Crippen molar-refractivity contribution in [2.75, 3.05) is 19.7 Å². The van der Waals surface area contributed by atoms with Crippen molar-refractivity contribution >= 4 is 11.0 Å². The molecule has 7 heteroatoms. The zero-order valence-corrected chi connectivity index (χ0v) is 17.2. The molecule has 1 aliphatic heterocycles. The second-order valence-corrected chi connectivity index (χ2v) is 8.86. The summed E-state index contributed by atoms with van der Waals surface area (Å²) in [6.45, 7) is 2.02. The quantitative estimate of drug-likeness (QED) is 0.694. The van der Waals surface area contributed by atoms with Crippen LogP contribution in [0.3, 0.4) is 0 Å². The van der Waals surface area contributed by atoms with Crippen molar-refractivity contribution in [1.29, 1.82) is 0 Å². The lowest BCUT2D eigenvalue weighted by Crippen LogP contribution is -2.56. The van der Waals surface area contributed by atoms with E-state index in [0.29, 0.717) is 5.92 Å². The molecule has 1 saturated carbocycles. The van der Waals surface area contributed by atoms with Crippen LogP contribution >= 0.6 is 0 Å². The van der Waals surface area contributed by atoms with Gasteiger partial charge in [0.1, 0.15) is 6.33 Å². The highest BCUT2D eigenvalue weighted by Crippen LogP contribution is 2.42. The fraction of sp³-hybridized carbons (Fsp3) is 0.522. The second-order valence-electron chi connectivity index (χ2n) is 8.86.